The number of hydrogen-bond acceptors (Lipinski definition) is 6. The number of quaternary nitrogens is 1. The number of hydrogen-bond donors (Lipinski definition) is 1. The Kier molecular flexibility index (Phi) is 47.7. The third-order valence-electron chi connectivity index (χ3n) is 12.3. The van der Waals surface area contributed by atoms with Crippen LogP contribution < -0.4 is 0 Å². The Hall–Kier alpha value is -1.02. The fraction of sp³-hybridized carbons (Fsp3) is 0.909. The van der Waals surface area contributed by atoms with Crippen molar-refractivity contribution in [1.29, 1.82) is 0 Å². The van der Waals surface area contributed by atoms with Crippen LogP contribution in [0.2, 0.25) is 0 Å². The minimum Gasteiger partial charge on any atom is -0.457 e. The molecule has 0 spiro atoms. The zero-order chi connectivity index (χ0) is 46.9. The van der Waals surface area contributed by atoms with E-state index in [-0.39, 0.29) is 25.8 Å². The van der Waals surface area contributed by atoms with Crippen LogP contribution in [-0.2, 0) is 27.9 Å². The number of nitrogens with zero attached hydrogens (tertiary/aromatic N) is 1. The molecule has 0 amide bonds. The molecule has 0 radical (unpaired) electrons. The summed E-state index contributed by atoms with van der Waals surface area (Å²) in [7, 11) is 1.68. The van der Waals surface area contributed by atoms with Crippen LogP contribution in [-0.4, -0.2) is 75.6 Å². The van der Waals surface area contributed by atoms with Crippen molar-refractivity contribution in [1.82, 2.24) is 0 Å². The summed E-state index contributed by atoms with van der Waals surface area (Å²) in [6, 6.07) is 0. The fourth-order valence-corrected chi connectivity index (χ4v) is 8.74. The van der Waals surface area contributed by atoms with Crippen molar-refractivity contribution in [3.63, 3.8) is 0 Å². The van der Waals surface area contributed by atoms with E-state index in [1.54, 1.807) is 0 Å². The Balaban J connectivity index is 4.07. The fourth-order valence-electron chi connectivity index (χ4n) is 8.00. The van der Waals surface area contributed by atoms with Crippen molar-refractivity contribution >= 4 is 13.8 Å². The predicted octanol–water partition coefficient (Wildman–Crippen LogP) is 17.1. The van der Waals surface area contributed by atoms with Crippen molar-refractivity contribution in [2.24, 2.45) is 0 Å². The van der Waals surface area contributed by atoms with Gasteiger partial charge in [0.15, 0.2) is 0 Å². The highest BCUT2D eigenvalue weighted by Gasteiger charge is 2.26. The van der Waals surface area contributed by atoms with E-state index in [2.05, 4.69) is 38.2 Å². The number of rotatable bonds is 52. The Bertz CT molecular complexity index is 1080. The zero-order valence-corrected chi connectivity index (χ0v) is 44.2. The molecule has 0 aromatic carbocycles. The summed E-state index contributed by atoms with van der Waals surface area (Å²) >= 11 is 0. The molecular weight excluding hydrogens is 818 g/mol. The number of phosphoric ester groups is 1. The van der Waals surface area contributed by atoms with Crippen molar-refractivity contribution in [2.45, 2.75) is 270 Å². The highest BCUT2D eigenvalue weighted by atomic mass is 31.2. The Labute approximate surface area is 398 Å². The molecule has 9 heteroatoms. The van der Waals surface area contributed by atoms with Crippen LogP contribution in [0.25, 0.3) is 0 Å². The first-order chi connectivity index (χ1) is 31.1. The molecule has 0 aliphatic carbocycles. The van der Waals surface area contributed by atoms with E-state index in [1.807, 2.05) is 21.1 Å². The first-order valence-corrected chi connectivity index (χ1v) is 29.1. The number of esters is 1. The molecule has 0 fully saturated rings. The van der Waals surface area contributed by atoms with Crippen molar-refractivity contribution in [3.05, 3.63) is 24.3 Å². The Morgan fingerprint density at radius 2 is 0.859 bits per heavy atom. The molecule has 64 heavy (non-hydrogen) atoms. The minimum absolute atomic E-state index is 0.0898. The van der Waals surface area contributed by atoms with Gasteiger partial charge in [-0.2, -0.15) is 0 Å². The SMILES string of the molecule is CCCCCC/C=C\C/C=C\CCCCCCCCCCOCC(COP(=O)(O)OCC[N+](C)(C)C)OC(=O)CCCCCCCCCCCCCCCCCCCCCCCCC. The number of unbranched alkanes of at least 4 members (excludes halogenated alkanes) is 34. The van der Waals surface area contributed by atoms with Gasteiger partial charge in [0.25, 0.3) is 0 Å². The van der Waals surface area contributed by atoms with Gasteiger partial charge in [-0.3, -0.25) is 13.8 Å². The van der Waals surface area contributed by atoms with E-state index in [4.69, 9.17) is 18.5 Å². The summed E-state index contributed by atoms with van der Waals surface area (Å²) in [5, 5.41) is 0. The second-order valence-electron chi connectivity index (χ2n) is 20.0. The molecule has 0 aliphatic rings. The first kappa shape index (κ1) is 63.0. The number of carbonyl (C=O) groups is 1. The lowest BCUT2D eigenvalue weighted by Crippen LogP contribution is -2.37. The largest absolute Gasteiger partial charge is 0.472 e. The van der Waals surface area contributed by atoms with E-state index in [1.165, 1.54) is 205 Å². The van der Waals surface area contributed by atoms with Gasteiger partial charge < -0.3 is 18.9 Å². The second kappa shape index (κ2) is 48.4. The topological polar surface area (TPSA) is 91.3 Å². The van der Waals surface area contributed by atoms with Crippen LogP contribution in [0.4, 0.5) is 0 Å². The average Bonchev–Trinajstić information content (AvgIpc) is 3.25. The highest BCUT2D eigenvalue weighted by Crippen LogP contribution is 2.43. The van der Waals surface area contributed by atoms with Gasteiger partial charge in [-0.25, -0.2) is 4.57 Å². The minimum atomic E-state index is -4.28. The number of allylic oxidation sites excluding steroid dienone is 4. The van der Waals surface area contributed by atoms with E-state index >= 15 is 0 Å². The van der Waals surface area contributed by atoms with Gasteiger partial charge in [-0.05, 0) is 44.9 Å². The van der Waals surface area contributed by atoms with E-state index in [9.17, 15) is 14.3 Å². The van der Waals surface area contributed by atoms with Crippen LogP contribution in [0.5, 0.6) is 0 Å². The molecule has 0 heterocycles. The maximum atomic E-state index is 12.8. The molecule has 0 bridgehead atoms. The molecule has 0 saturated carbocycles. The maximum absolute atomic E-state index is 12.8. The standard InChI is InChI=1S/C55H108NO7P/c1-6-8-10-12-14-16-18-20-22-24-26-27-28-29-30-32-34-36-38-40-42-44-46-48-55(57)63-54(53-62-64(58,59)61-51-49-56(3,4)5)52-60-50-47-45-43-41-39-37-35-33-31-25-23-21-19-17-15-13-11-9-7-2/h17,19,23,25,54H,6-16,18,20-22,24,26-53H2,1-5H3/p+1/b19-17-,25-23-. The first-order valence-electron chi connectivity index (χ1n) is 27.6. The van der Waals surface area contributed by atoms with Crippen molar-refractivity contribution in [3.8, 4) is 0 Å². The predicted molar refractivity (Wildman–Crippen MR) is 275 cm³/mol. The van der Waals surface area contributed by atoms with Gasteiger partial charge in [0, 0.05) is 13.0 Å². The molecule has 2 atom stereocenters. The summed E-state index contributed by atoms with van der Waals surface area (Å²) in [4.78, 5) is 23.0. The lowest BCUT2D eigenvalue weighted by atomic mass is 10.0. The zero-order valence-electron chi connectivity index (χ0n) is 43.3. The van der Waals surface area contributed by atoms with Crippen LogP contribution in [0.15, 0.2) is 24.3 Å². The summed E-state index contributed by atoms with van der Waals surface area (Å²) in [6.07, 6.45) is 58.0. The second-order valence-corrected chi connectivity index (χ2v) is 21.4. The van der Waals surface area contributed by atoms with Gasteiger partial charge in [-0.1, -0.05) is 237 Å². The molecule has 0 aliphatic heterocycles. The Morgan fingerprint density at radius 1 is 0.484 bits per heavy atom. The lowest BCUT2D eigenvalue weighted by molar-refractivity contribution is -0.870. The summed E-state index contributed by atoms with van der Waals surface area (Å²) < 4.78 is 35.2. The van der Waals surface area contributed by atoms with Crippen LogP contribution in [0, 0.1) is 0 Å². The summed E-state index contributed by atoms with van der Waals surface area (Å²) in [6.45, 7) is 5.65. The molecular formula is C55H109NO7P+. The summed E-state index contributed by atoms with van der Waals surface area (Å²) in [5.74, 6) is -0.309. The van der Waals surface area contributed by atoms with E-state index < -0.39 is 13.9 Å². The number of ether oxygens (including phenoxy) is 2. The molecule has 2 unspecified atom stereocenters. The van der Waals surface area contributed by atoms with Crippen LogP contribution in [0.3, 0.4) is 0 Å². The molecule has 1 N–H and O–H groups in total. The van der Waals surface area contributed by atoms with Gasteiger partial charge >= 0.3 is 13.8 Å². The lowest BCUT2D eigenvalue weighted by Gasteiger charge is -2.24. The van der Waals surface area contributed by atoms with Crippen molar-refractivity contribution in [2.75, 3.05) is 54.1 Å². The normalized spacial score (nSPS) is 13.7. The molecule has 380 valence electrons. The van der Waals surface area contributed by atoms with Crippen LogP contribution >= 0.6 is 7.82 Å². The molecule has 0 rings (SSSR count). The molecule has 8 nitrogen and oxygen atoms in total. The monoisotopic (exact) mass is 927 g/mol. The Morgan fingerprint density at radius 3 is 1.28 bits per heavy atom. The molecule has 0 aromatic heterocycles. The van der Waals surface area contributed by atoms with Gasteiger partial charge in [0.2, 0.25) is 0 Å². The van der Waals surface area contributed by atoms with Gasteiger partial charge in [0.05, 0.1) is 34.4 Å². The van der Waals surface area contributed by atoms with Crippen LogP contribution in [0.1, 0.15) is 264 Å². The maximum Gasteiger partial charge on any atom is 0.472 e. The smallest absolute Gasteiger partial charge is 0.457 e. The van der Waals surface area contributed by atoms with Gasteiger partial charge in [0.1, 0.15) is 19.3 Å². The van der Waals surface area contributed by atoms with E-state index in [0.717, 1.165) is 38.5 Å². The van der Waals surface area contributed by atoms with E-state index in [0.29, 0.717) is 24.1 Å². The summed E-state index contributed by atoms with van der Waals surface area (Å²) in [5.41, 5.74) is 0. The third-order valence-corrected chi connectivity index (χ3v) is 13.2. The average molecular weight is 927 g/mol. The van der Waals surface area contributed by atoms with Crippen molar-refractivity contribution < 1.29 is 37.3 Å². The van der Waals surface area contributed by atoms with Gasteiger partial charge in [-0.15, -0.1) is 0 Å². The quantitative estimate of drug-likeness (QED) is 0.0214. The molecule has 0 aromatic rings. The number of carbonyl (C=O) groups excluding carboxylic acids is 1. The number of likely N-dealkylation sites (N-methyl/N-ethyl adjacent to an activating group) is 1. The third kappa shape index (κ3) is 52.0. The number of phosphoric acid groups is 1. The highest BCUT2D eigenvalue weighted by molar-refractivity contribution is 7.47. The molecule has 0 saturated heterocycles.